The van der Waals surface area contributed by atoms with Gasteiger partial charge in [-0.25, -0.2) is 0 Å². The van der Waals surface area contributed by atoms with Crippen LogP contribution in [0.4, 0.5) is 0 Å². The van der Waals surface area contributed by atoms with E-state index in [0.717, 1.165) is 6.04 Å². The molecule has 2 aliphatic carbocycles. The fourth-order valence-corrected chi connectivity index (χ4v) is 3.30. The third kappa shape index (κ3) is 3.45. The average molecular weight is 238 g/mol. The molecule has 2 fully saturated rings. The van der Waals surface area contributed by atoms with Crippen molar-refractivity contribution in [3.63, 3.8) is 0 Å². The Morgan fingerprint density at radius 1 is 1.24 bits per heavy atom. The van der Waals surface area contributed by atoms with Crippen molar-refractivity contribution in [2.45, 2.75) is 83.8 Å². The zero-order valence-electron chi connectivity index (χ0n) is 11.9. The number of hydrogen-bond acceptors (Lipinski definition) is 2. The number of unbranched alkanes of at least 4 members (excludes halogenated alkanes) is 1. The Morgan fingerprint density at radius 3 is 2.53 bits per heavy atom. The molecule has 0 heterocycles. The summed E-state index contributed by atoms with van der Waals surface area (Å²) >= 11 is 0. The lowest BCUT2D eigenvalue weighted by Crippen LogP contribution is -2.53. The van der Waals surface area contributed by atoms with Gasteiger partial charge in [-0.1, -0.05) is 27.2 Å². The van der Waals surface area contributed by atoms with Crippen LogP contribution in [0, 0.1) is 5.41 Å². The summed E-state index contributed by atoms with van der Waals surface area (Å²) in [6, 6.07) is 1.93. The smallest absolute Gasteiger partial charge is 0.0255 e. The van der Waals surface area contributed by atoms with Crippen molar-refractivity contribution in [1.82, 2.24) is 4.90 Å². The van der Waals surface area contributed by atoms with Gasteiger partial charge in [0, 0.05) is 18.1 Å². The Bertz CT molecular complexity index is 245. The standard InChI is InChI=1S/C15H30N2/c1-4-5-10-17(12-6-7-12)14-11-15(2,3)9-8-13(14)16/h12-14H,4-11,16H2,1-3H3. The zero-order valence-corrected chi connectivity index (χ0v) is 11.9. The molecular formula is C15H30N2. The Hall–Kier alpha value is -0.0800. The summed E-state index contributed by atoms with van der Waals surface area (Å²) in [5, 5.41) is 0. The van der Waals surface area contributed by atoms with Crippen LogP contribution in [-0.4, -0.2) is 29.6 Å². The molecule has 2 heteroatoms. The van der Waals surface area contributed by atoms with Crippen LogP contribution in [0.15, 0.2) is 0 Å². The lowest BCUT2D eigenvalue weighted by molar-refractivity contribution is 0.0707. The maximum atomic E-state index is 6.40. The van der Waals surface area contributed by atoms with Crippen LogP contribution in [0.1, 0.15) is 65.7 Å². The van der Waals surface area contributed by atoms with Crippen molar-refractivity contribution >= 4 is 0 Å². The predicted molar refractivity (Wildman–Crippen MR) is 74.0 cm³/mol. The van der Waals surface area contributed by atoms with Crippen molar-refractivity contribution in [2.75, 3.05) is 6.54 Å². The number of nitrogens with zero attached hydrogens (tertiary/aromatic N) is 1. The average Bonchev–Trinajstić information content (AvgIpc) is 3.08. The third-order valence-corrected chi connectivity index (χ3v) is 4.62. The molecule has 0 saturated heterocycles. The van der Waals surface area contributed by atoms with Crippen molar-refractivity contribution in [2.24, 2.45) is 11.1 Å². The minimum Gasteiger partial charge on any atom is -0.326 e. The van der Waals surface area contributed by atoms with Crippen molar-refractivity contribution in [3.8, 4) is 0 Å². The molecule has 0 amide bonds. The minimum absolute atomic E-state index is 0.417. The van der Waals surface area contributed by atoms with E-state index in [9.17, 15) is 0 Å². The summed E-state index contributed by atoms with van der Waals surface area (Å²) in [6.45, 7) is 8.39. The maximum absolute atomic E-state index is 6.40. The number of rotatable bonds is 5. The van der Waals surface area contributed by atoms with Crippen LogP contribution in [0.5, 0.6) is 0 Å². The largest absolute Gasteiger partial charge is 0.326 e. The van der Waals surface area contributed by atoms with Crippen LogP contribution < -0.4 is 5.73 Å². The van der Waals surface area contributed by atoms with Gasteiger partial charge in [-0.05, 0) is 50.5 Å². The predicted octanol–water partition coefficient (Wildman–Crippen LogP) is 3.16. The first kappa shape index (κ1) is 13.4. The van der Waals surface area contributed by atoms with Crippen molar-refractivity contribution < 1.29 is 0 Å². The second-order valence-electron chi connectivity index (χ2n) is 6.96. The molecule has 0 aromatic rings. The molecular weight excluding hydrogens is 208 g/mol. The van der Waals surface area contributed by atoms with E-state index in [1.165, 1.54) is 51.5 Å². The first-order chi connectivity index (χ1) is 8.03. The molecule has 2 aliphatic rings. The van der Waals surface area contributed by atoms with Gasteiger partial charge in [0.1, 0.15) is 0 Å². The van der Waals surface area contributed by atoms with Crippen LogP contribution in [0.2, 0.25) is 0 Å². The highest BCUT2D eigenvalue weighted by Gasteiger charge is 2.41. The van der Waals surface area contributed by atoms with Crippen molar-refractivity contribution in [3.05, 3.63) is 0 Å². The molecule has 0 bridgehead atoms. The van der Waals surface area contributed by atoms with Gasteiger partial charge >= 0.3 is 0 Å². The highest BCUT2D eigenvalue weighted by Crippen LogP contribution is 2.40. The summed E-state index contributed by atoms with van der Waals surface area (Å²) in [5.41, 5.74) is 6.90. The topological polar surface area (TPSA) is 29.3 Å². The highest BCUT2D eigenvalue weighted by molar-refractivity contribution is 4.97. The molecule has 0 spiro atoms. The highest BCUT2D eigenvalue weighted by atomic mass is 15.2. The molecule has 0 aromatic heterocycles. The van der Waals surface area contributed by atoms with E-state index in [0.29, 0.717) is 17.5 Å². The van der Waals surface area contributed by atoms with Crippen LogP contribution in [0.3, 0.4) is 0 Å². The quantitative estimate of drug-likeness (QED) is 0.797. The summed E-state index contributed by atoms with van der Waals surface area (Å²) in [4.78, 5) is 2.76. The fourth-order valence-electron chi connectivity index (χ4n) is 3.30. The van der Waals surface area contributed by atoms with Crippen LogP contribution in [0.25, 0.3) is 0 Å². The molecule has 2 rings (SSSR count). The van der Waals surface area contributed by atoms with E-state index in [1.807, 2.05) is 0 Å². The van der Waals surface area contributed by atoms with Gasteiger partial charge in [0.05, 0.1) is 0 Å². The van der Waals surface area contributed by atoms with Crippen molar-refractivity contribution in [1.29, 1.82) is 0 Å². The van der Waals surface area contributed by atoms with Gasteiger partial charge in [-0.15, -0.1) is 0 Å². The summed E-state index contributed by atoms with van der Waals surface area (Å²) in [5.74, 6) is 0. The molecule has 17 heavy (non-hydrogen) atoms. The number of hydrogen-bond donors (Lipinski definition) is 1. The Labute approximate surface area is 107 Å². The van der Waals surface area contributed by atoms with E-state index in [4.69, 9.17) is 5.73 Å². The molecule has 2 N–H and O–H groups in total. The molecule has 0 aliphatic heterocycles. The van der Waals surface area contributed by atoms with E-state index in [2.05, 4.69) is 25.7 Å². The first-order valence-electron chi connectivity index (χ1n) is 7.55. The molecule has 0 radical (unpaired) electrons. The third-order valence-electron chi connectivity index (χ3n) is 4.62. The summed E-state index contributed by atoms with van der Waals surface area (Å²) < 4.78 is 0. The van der Waals surface area contributed by atoms with Gasteiger partial charge in [0.25, 0.3) is 0 Å². The summed E-state index contributed by atoms with van der Waals surface area (Å²) in [7, 11) is 0. The second kappa shape index (κ2) is 5.27. The van der Waals surface area contributed by atoms with Gasteiger partial charge in [-0.3, -0.25) is 4.90 Å². The van der Waals surface area contributed by atoms with E-state index in [-0.39, 0.29) is 0 Å². The lowest BCUT2D eigenvalue weighted by Gasteiger charge is -2.45. The zero-order chi connectivity index (χ0) is 12.5. The van der Waals surface area contributed by atoms with Gasteiger partial charge in [0.2, 0.25) is 0 Å². The lowest BCUT2D eigenvalue weighted by atomic mass is 9.72. The van der Waals surface area contributed by atoms with E-state index in [1.54, 1.807) is 0 Å². The van der Waals surface area contributed by atoms with Gasteiger partial charge in [-0.2, -0.15) is 0 Å². The fraction of sp³-hybridized carbons (Fsp3) is 1.00. The van der Waals surface area contributed by atoms with E-state index < -0.39 is 0 Å². The Balaban J connectivity index is 1.99. The van der Waals surface area contributed by atoms with Gasteiger partial charge in [0.15, 0.2) is 0 Å². The maximum Gasteiger partial charge on any atom is 0.0255 e. The molecule has 2 unspecified atom stereocenters. The molecule has 2 saturated carbocycles. The molecule has 0 aromatic carbocycles. The Morgan fingerprint density at radius 2 is 1.94 bits per heavy atom. The number of nitrogens with two attached hydrogens (primary N) is 1. The monoisotopic (exact) mass is 238 g/mol. The SMILES string of the molecule is CCCCN(C1CC1)C1CC(C)(C)CCC1N. The normalized spacial score (nSPS) is 33.0. The Kier molecular flexibility index (Phi) is 4.14. The molecule has 100 valence electrons. The second-order valence-corrected chi connectivity index (χ2v) is 6.96. The summed E-state index contributed by atoms with van der Waals surface area (Å²) in [6.07, 6.45) is 9.27. The molecule has 2 nitrogen and oxygen atoms in total. The minimum atomic E-state index is 0.417. The van der Waals surface area contributed by atoms with Gasteiger partial charge < -0.3 is 5.73 Å². The first-order valence-corrected chi connectivity index (χ1v) is 7.55. The van der Waals surface area contributed by atoms with Crippen LogP contribution in [-0.2, 0) is 0 Å². The van der Waals surface area contributed by atoms with E-state index >= 15 is 0 Å². The molecule has 2 atom stereocenters. The van der Waals surface area contributed by atoms with Crippen LogP contribution >= 0.6 is 0 Å².